The first-order chi connectivity index (χ1) is 7.24. The molecule has 2 rings (SSSR count). The van der Waals surface area contributed by atoms with Gasteiger partial charge in [0.1, 0.15) is 0 Å². The van der Waals surface area contributed by atoms with Gasteiger partial charge in [-0.3, -0.25) is 4.90 Å². The molecule has 6 nitrogen and oxygen atoms in total. The third kappa shape index (κ3) is 1.62. The average molecular weight is 209 g/mol. The molecule has 0 saturated heterocycles. The smallest absolute Gasteiger partial charge is 0.323 e. The van der Waals surface area contributed by atoms with Crippen molar-refractivity contribution in [3.63, 3.8) is 0 Å². The summed E-state index contributed by atoms with van der Waals surface area (Å²) in [5.74, 6) is 0.715. The van der Waals surface area contributed by atoms with Gasteiger partial charge in [0.2, 0.25) is 0 Å². The van der Waals surface area contributed by atoms with E-state index in [0.717, 1.165) is 13.0 Å². The van der Waals surface area contributed by atoms with Crippen LogP contribution in [-0.4, -0.2) is 28.9 Å². The zero-order chi connectivity index (χ0) is 10.8. The topological polar surface area (TPSA) is 76.2 Å². The van der Waals surface area contributed by atoms with Crippen molar-refractivity contribution in [2.45, 2.75) is 19.9 Å². The van der Waals surface area contributed by atoms with Crippen LogP contribution in [0.15, 0.2) is 6.20 Å². The number of fused-ring (bicyclic) bond motifs is 1. The number of nitrogens with zero attached hydrogens (tertiary/aromatic N) is 3. The molecule has 0 fully saturated rings. The number of anilines is 2. The Morgan fingerprint density at radius 2 is 2.47 bits per heavy atom. The van der Waals surface area contributed by atoms with Gasteiger partial charge in [0.05, 0.1) is 11.9 Å². The number of nitrogens with one attached hydrogen (secondary N) is 1. The monoisotopic (exact) mass is 209 g/mol. The molecule has 0 radical (unpaired) electrons. The van der Waals surface area contributed by atoms with E-state index in [9.17, 15) is 4.79 Å². The van der Waals surface area contributed by atoms with Crippen molar-refractivity contribution in [1.29, 1.82) is 0 Å². The van der Waals surface area contributed by atoms with Gasteiger partial charge >= 0.3 is 6.03 Å². The molecule has 0 saturated carbocycles. The summed E-state index contributed by atoms with van der Waals surface area (Å²) < 4.78 is 1.77. The van der Waals surface area contributed by atoms with E-state index in [1.165, 1.54) is 0 Å². The van der Waals surface area contributed by atoms with Crippen LogP contribution in [0.1, 0.15) is 13.3 Å². The minimum Gasteiger partial charge on any atom is -0.394 e. The average Bonchev–Trinajstić information content (AvgIpc) is 2.61. The summed E-state index contributed by atoms with van der Waals surface area (Å²) >= 11 is 0. The van der Waals surface area contributed by atoms with E-state index >= 15 is 0 Å². The van der Waals surface area contributed by atoms with E-state index in [-0.39, 0.29) is 6.03 Å². The number of rotatable bonds is 1. The molecule has 0 aromatic carbocycles. The molecular weight excluding hydrogens is 194 g/mol. The number of aryl methyl sites for hydroxylation is 1. The predicted molar refractivity (Wildman–Crippen MR) is 57.7 cm³/mol. The fourth-order valence-electron chi connectivity index (χ4n) is 1.78. The molecule has 0 aliphatic carbocycles. The maximum Gasteiger partial charge on any atom is 0.323 e. The highest BCUT2D eigenvalue weighted by Gasteiger charge is 2.25. The molecule has 1 aliphatic heterocycles. The molecule has 1 aliphatic rings. The Kier molecular flexibility index (Phi) is 2.49. The number of carbonyl (C=O) groups excluding carboxylic acids is 1. The second kappa shape index (κ2) is 3.80. The summed E-state index contributed by atoms with van der Waals surface area (Å²) in [5.41, 5.74) is 6.34. The van der Waals surface area contributed by atoms with Crippen LogP contribution in [0.4, 0.5) is 16.3 Å². The van der Waals surface area contributed by atoms with Crippen LogP contribution in [-0.2, 0) is 6.54 Å². The Morgan fingerprint density at radius 3 is 3.20 bits per heavy atom. The summed E-state index contributed by atoms with van der Waals surface area (Å²) in [7, 11) is 0. The van der Waals surface area contributed by atoms with Gasteiger partial charge in [0, 0.05) is 19.6 Å². The lowest BCUT2D eigenvalue weighted by Gasteiger charge is -2.28. The third-order valence-corrected chi connectivity index (χ3v) is 2.42. The van der Waals surface area contributed by atoms with Crippen LogP contribution in [0.25, 0.3) is 0 Å². The normalized spacial score (nSPS) is 14.9. The van der Waals surface area contributed by atoms with Gasteiger partial charge < -0.3 is 11.1 Å². The fraction of sp³-hybridized carbons (Fsp3) is 0.556. The van der Waals surface area contributed by atoms with Crippen LogP contribution >= 0.6 is 0 Å². The highest BCUT2D eigenvalue weighted by Crippen LogP contribution is 2.26. The summed E-state index contributed by atoms with van der Waals surface area (Å²) in [4.78, 5) is 13.4. The molecule has 2 amide bonds. The summed E-state index contributed by atoms with van der Waals surface area (Å²) in [5, 5.41) is 6.88. The number of amides is 2. The van der Waals surface area contributed by atoms with Gasteiger partial charge in [-0.1, -0.05) is 0 Å². The highest BCUT2D eigenvalue weighted by atomic mass is 16.2. The molecule has 0 bridgehead atoms. The second-order valence-corrected chi connectivity index (χ2v) is 3.49. The zero-order valence-electron chi connectivity index (χ0n) is 8.73. The maximum atomic E-state index is 11.7. The van der Waals surface area contributed by atoms with Crippen molar-refractivity contribution in [1.82, 2.24) is 15.1 Å². The zero-order valence-corrected chi connectivity index (χ0v) is 8.73. The Hall–Kier alpha value is -1.72. The van der Waals surface area contributed by atoms with Gasteiger partial charge in [-0.05, 0) is 13.3 Å². The summed E-state index contributed by atoms with van der Waals surface area (Å²) in [6, 6.07) is -0.106. The minimum atomic E-state index is -0.106. The molecule has 1 aromatic heterocycles. The lowest BCUT2D eigenvalue weighted by Crippen LogP contribution is -2.44. The van der Waals surface area contributed by atoms with E-state index in [1.807, 2.05) is 6.92 Å². The van der Waals surface area contributed by atoms with Crippen LogP contribution in [0.3, 0.4) is 0 Å². The number of nitrogens with two attached hydrogens (primary N) is 1. The first-order valence-electron chi connectivity index (χ1n) is 5.10. The molecule has 6 heteroatoms. The molecule has 1 aromatic rings. The largest absolute Gasteiger partial charge is 0.394 e. The Bertz CT molecular complexity index is 373. The van der Waals surface area contributed by atoms with Crippen LogP contribution in [0.2, 0.25) is 0 Å². The molecule has 3 N–H and O–H groups in total. The Morgan fingerprint density at radius 1 is 1.67 bits per heavy atom. The van der Waals surface area contributed by atoms with E-state index in [1.54, 1.807) is 15.8 Å². The quantitative estimate of drug-likeness (QED) is 0.703. The van der Waals surface area contributed by atoms with E-state index in [0.29, 0.717) is 24.6 Å². The second-order valence-electron chi connectivity index (χ2n) is 3.49. The minimum absolute atomic E-state index is 0.106. The summed E-state index contributed by atoms with van der Waals surface area (Å²) in [6.45, 7) is 4.02. The molecule has 0 spiro atoms. The van der Waals surface area contributed by atoms with Crippen molar-refractivity contribution in [2.75, 3.05) is 23.7 Å². The number of carbonyl (C=O) groups is 1. The predicted octanol–water partition coefficient (Wildman–Crippen LogP) is 0.405. The number of hydrogen-bond acceptors (Lipinski definition) is 3. The standard InChI is InChI=1S/C9H15N5O/c1-2-11-9(15)13-4-3-5-14-8(13)7(10)6-12-14/h6H,2-5,10H2,1H3,(H,11,15). The van der Waals surface area contributed by atoms with Crippen molar-refractivity contribution in [3.05, 3.63) is 6.20 Å². The highest BCUT2D eigenvalue weighted by molar-refractivity contribution is 5.94. The van der Waals surface area contributed by atoms with Crippen LogP contribution < -0.4 is 16.0 Å². The van der Waals surface area contributed by atoms with Gasteiger partial charge in [0.15, 0.2) is 5.82 Å². The lowest BCUT2D eigenvalue weighted by atomic mass is 10.3. The number of aromatic nitrogens is 2. The molecule has 0 atom stereocenters. The Balaban J connectivity index is 2.28. The molecule has 15 heavy (non-hydrogen) atoms. The van der Waals surface area contributed by atoms with E-state index in [2.05, 4.69) is 10.4 Å². The lowest BCUT2D eigenvalue weighted by molar-refractivity contribution is 0.245. The van der Waals surface area contributed by atoms with Crippen molar-refractivity contribution in [2.24, 2.45) is 0 Å². The van der Waals surface area contributed by atoms with E-state index in [4.69, 9.17) is 5.73 Å². The van der Waals surface area contributed by atoms with E-state index < -0.39 is 0 Å². The number of hydrogen-bond donors (Lipinski definition) is 2. The van der Waals surface area contributed by atoms with Gasteiger partial charge in [-0.15, -0.1) is 0 Å². The molecule has 0 unspecified atom stereocenters. The van der Waals surface area contributed by atoms with Crippen molar-refractivity contribution in [3.8, 4) is 0 Å². The van der Waals surface area contributed by atoms with Gasteiger partial charge in [-0.25, -0.2) is 9.48 Å². The maximum absolute atomic E-state index is 11.7. The SMILES string of the molecule is CCNC(=O)N1CCCn2ncc(N)c21. The first kappa shape index (κ1) is 9.82. The molecule has 2 heterocycles. The van der Waals surface area contributed by atoms with Gasteiger partial charge in [-0.2, -0.15) is 5.10 Å². The third-order valence-electron chi connectivity index (χ3n) is 2.42. The molecular formula is C9H15N5O. The fourth-order valence-corrected chi connectivity index (χ4v) is 1.78. The number of nitrogen functional groups attached to an aromatic ring is 1. The van der Waals surface area contributed by atoms with Crippen LogP contribution in [0, 0.1) is 0 Å². The van der Waals surface area contributed by atoms with Crippen molar-refractivity contribution >= 4 is 17.5 Å². The summed E-state index contributed by atoms with van der Waals surface area (Å²) in [6.07, 6.45) is 2.50. The Labute approximate surface area is 88.0 Å². The van der Waals surface area contributed by atoms with Crippen LogP contribution in [0.5, 0.6) is 0 Å². The van der Waals surface area contributed by atoms with Crippen molar-refractivity contribution < 1.29 is 4.79 Å². The van der Waals surface area contributed by atoms with Gasteiger partial charge in [0.25, 0.3) is 0 Å². The first-order valence-corrected chi connectivity index (χ1v) is 5.10. The molecule has 82 valence electrons. The number of urea groups is 1.